The summed E-state index contributed by atoms with van der Waals surface area (Å²) in [5, 5.41) is 18.8. The van der Waals surface area contributed by atoms with E-state index in [-0.39, 0.29) is 30.0 Å². The van der Waals surface area contributed by atoms with Crippen LogP contribution in [-0.4, -0.2) is 16.2 Å². The van der Waals surface area contributed by atoms with Crippen molar-refractivity contribution < 1.29 is 24.2 Å². The van der Waals surface area contributed by atoms with E-state index in [1.54, 1.807) is 12.1 Å². The average Bonchev–Trinajstić information content (AvgIpc) is 2.92. The van der Waals surface area contributed by atoms with Crippen molar-refractivity contribution in [1.82, 2.24) is 0 Å². The summed E-state index contributed by atoms with van der Waals surface area (Å²) in [6.45, 7) is 0. The van der Waals surface area contributed by atoms with Gasteiger partial charge in [-0.25, -0.2) is 0 Å². The van der Waals surface area contributed by atoms with Gasteiger partial charge in [0, 0.05) is 23.7 Å². The second-order valence-electron chi connectivity index (χ2n) is 4.43. The molecule has 6 heteroatoms. The molecule has 4 N–H and O–H groups in total. The number of ether oxygens (including phenoxy) is 1. The quantitative estimate of drug-likeness (QED) is 0.572. The van der Waals surface area contributed by atoms with Crippen LogP contribution in [0.2, 0.25) is 0 Å². The lowest BCUT2D eigenvalue weighted by Crippen LogP contribution is -2.07. The molecule has 0 amide bonds. The number of rotatable bonds is 5. The molecule has 110 valence electrons. The predicted molar refractivity (Wildman–Crippen MR) is 74.3 cm³/mol. The van der Waals surface area contributed by atoms with Crippen LogP contribution in [0.3, 0.4) is 0 Å². The van der Waals surface area contributed by atoms with Gasteiger partial charge in [-0.3, -0.25) is 4.79 Å². The molecule has 0 spiro atoms. The lowest BCUT2D eigenvalue weighted by atomic mass is 10.1. The van der Waals surface area contributed by atoms with Crippen molar-refractivity contribution in [2.24, 2.45) is 5.73 Å². The highest BCUT2D eigenvalue weighted by atomic mass is 16.5. The number of furan rings is 1. The third kappa shape index (κ3) is 4.31. The molecule has 2 rings (SSSR count). The van der Waals surface area contributed by atoms with E-state index in [2.05, 4.69) is 0 Å². The molecule has 6 nitrogen and oxygen atoms in total. The number of benzene rings is 1. The topological polar surface area (TPSA) is 106 Å². The van der Waals surface area contributed by atoms with Crippen molar-refractivity contribution in [2.45, 2.75) is 12.8 Å². The number of hydrogen-bond donors (Lipinski definition) is 3. The summed E-state index contributed by atoms with van der Waals surface area (Å²) >= 11 is 0. The SMILES string of the molecule is N/C(=C\OC(=O)Cc1ccco1)Cc1ccc(O)cc1O. The maximum absolute atomic E-state index is 11.5. The van der Waals surface area contributed by atoms with E-state index in [0.29, 0.717) is 11.3 Å². The number of carbonyl (C=O) groups excluding carboxylic acids is 1. The number of carbonyl (C=O) groups is 1. The van der Waals surface area contributed by atoms with Crippen LogP contribution < -0.4 is 5.73 Å². The highest BCUT2D eigenvalue weighted by Gasteiger charge is 2.07. The number of hydrogen-bond acceptors (Lipinski definition) is 6. The first-order valence-corrected chi connectivity index (χ1v) is 6.22. The molecule has 1 heterocycles. The number of allylic oxidation sites excluding steroid dienone is 1. The fourth-order valence-electron chi connectivity index (χ4n) is 1.70. The van der Waals surface area contributed by atoms with E-state index in [9.17, 15) is 15.0 Å². The van der Waals surface area contributed by atoms with Gasteiger partial charge >= 0.3 is 5.97 Å². The van der Waals surface area contributed by atoms with E-state index in [1.807, 2.05) is 0 Å². The minimum atomic E-state index is -0.497. The van der Waals surface area contributed by atoms with Gasteiger partial charge in [0.1, 0.15) is 29.9 Å². The van der Waals surface area contributed by atoms with Crippen molar-refractivity contribution in [3.63, 3.8) is 0 Å². The van der Waals surface area contributed by atoms with Crippen molar-refractivity contribution in [3.05, 3.63) is 59.9 Å². The van der Waals surface area contributed by atoms with Crippen LogP contribution in [0, 0.1) is 0 Å². The van der Waals surface area contributed by atoms with E-state index < -0.39 is 5.97 Å². The highest BCUT2D eigenvalue weighted by molar-refractivity contribution is 5.72. The Bertz CT molecular complexity index is 646. The summed E-state index contributed by atoms with van der Waals surface area (Å²) in [5.74, 6) is -0.108. The molecule has 0 aliphatic rings. The Morgan fingerprint density at radius 3 is 2.76 bits per heavy atom. The Hall–Kier alpha value is -2.89. The molecular formula is C15H15NO5. The lowest BCUT2D eigenvalue weighted by Gasteiger charge is -2.05. The van der Waals surface area contributed by atoms with Crippen LogP contribution >= 0.6 is 0 Å². The van der Waals surface area contributed by atoms with E-state index in [4.69, 9.17) is 14.9 Å². The van der Waals surface area contributed by atoms with Crippen LogP contribution in [0.25, 0.3) is 0 Å². The molecule has 0 saturated carbocycles. The van der Waals surface area contributed by atoms with E-state index >= 15 is 0 Å². The van der Waals surface area contributed by atoms with Gasteiger partial charge in [-0.2, -0.15) is 0 Å². The smallest absolute Gasteiger partial charge is 0.318 e. The Balaban J connectivity index is 1.90. The fourth-order valence-corrected chi connectivity index (χ4v) is 1.70. The van der Waals surface area contributed by atoms with Gasteiger partial charge in [0.2, 0.25) is 0 Å². The minimum Gasteiger partial charge on any atom is -0.508 e. The van der Waals surface area contributed by atoms with Gasteiger partial charge < -0.3 is 25.1 Å². The maximum Gasteiger partial charge on any atom is 0.318 e. The van der Waals surface area contributed by atoms with Crippen LogP contribution in [0.4, 0.5) is 0 Å². The van der Waals surface area contributed by atoms with Gasteiger partial charge in [-0.1, -0.05) is 6.07 Å². The second-order valence-corrected chi connectivity index (χ2v) is 4.43. The Morgan fingerprint density at radius 2 is 2.10 bits per heavy atom. The van der Waals surface area contributed by atoms with Gasteiger partial charge in [-0.05, 0) is 18.2 Å². The van der Waals surface area contributed by atoms with Gasteiger partial charge in [0.05, 0.1) is 6.26 Å². The maximum atomic E-state index is 11.5. The molecular weight excluding hydrogens is 274 g/mol. The summed E-state index contributed by atoms with van der Waals surface area (Å²) in [5.41, 5.74) is 6.51. The fraction of sp³-hybridized carbons (Fsp3) is 0.133. The summed E-state index contributed by atoms with van der Waals surface area (Å²) in [6.07, 6.45) is 2.82. The van der Waals surface area contributed by atoms with Crippen molar-refractivity contribution >= 4 is 5.97 Å². The predicted octanol–water partition coefficient (Wildman–Crippen LogP) is 1.82. The molecule has 0 saturated heterocycles. The highest BCUT2D eigenvalue weighted by Crippen LogP contribution is 2.23. The van der Waals surface area contributed by atoms with Gasteiger partial charge in [0.15, 0.2) is 0 Å². The Morgan fingerprint density at radius 1 is 1.29 bits per heavy atom. The molecule has 0 unspecified atom stereocenters. The minimum absolute atomic E-state index is 0.0151. The first-order chi connectivity index (χ1) is 10.0. The van der Waals surface area contributed by atoms with Crippen LogP contribution in [0.15, 0.2) is 53.0 Å². The summed E-state index contributed by atoms with van der Waals surface area (Å²) in [7, 11) is 0. The molecule has 2 aromatic rings. The normalized spacial score (nSPS) is 11.3. The molecule has 0 atom stereocenters. The first-order valence-electron chi connectivity index (χ1n) is 6.22. The summed E-state index contributed by atoms with van der Waals surface area (Å²) in [4.78, 5) is 11.5. The molecule has 1 aromatic carbocycles. The monoisotopic (exact) mass is 289 g/mol. The molecule has 0 radical (unpaired) electrons. The van der Waals surface area contributed by atoms with Gasteiger partial charge in [-0.15, -0.1) is 0 Å². The third-order valence-electron chi connectivity index (χ3n) is 2.70. The van der Waals surface area contributed by atoms with E-state index in [1.165, 1.54) is 24.5 Å². The van der Waals surface area contributed by atoms with Crippen molar-refractivity contribution in [1.29, 1.82) is 0 Å². The third-order valence-corrected chi connectivity index (χ3v) is 2.70. The Kier molecular flexibility index (Phi) is 4.50. The van der Waals surface area contributed by atoms with Crippen molar-refractivity contribution in [3.8, 4) is 11.5 Å². The molecule has 0 aliphatic heterocycles. The lowest BCUT2D eigenvalue weighted by molar-refractivity contribution is -0.137. The zero-order valence-electron chi connectivity index (χ0n) is 11.2. The summed E-state index contributed by atoms with van der Waals surface area (Å²) in [6, 6.07) is 7.54. The second kappa shape index (κ2) is 6.51. The molecule has 0 aliphatic carbocycles. The number of esters is 1. The zero-order valence-corrected chi connectivity index (χ0v) is 11.2. The molecule has 21 heavy (non-hydrogen) atoms. The average molecular weight is 289 g/mol. The van der Waals surface area contributed by atoms with Crippen molar-refractivity contribution in [2.75, 3.05) is 0 Å². The molecule has 0 fully saturated rings. The van der Waals surface area contributed by atoms with Crippen LogP contribution in [0.5, 0.6) is 11.5 Å². The summed E-state index contributed by atoms with van der Waals surface area (Å²) < 4.78 is 9.92. The number of nitrogens with two attached hydrogens (primary N) is 1. The first kappa shape index (κ1) is 14.5. The van der Waals surface area contributed by atoms with E-state index in [0.717, 1.165) is 6.26 Å². The number of phenols is 2. The van der Waals surface area contributed by atoms with Crippen LogP contribution in [0.1, 0.15) is 11.3 Å². The molecule has 1 aromatic heterocycles. The van der Waals surface area contributed by atoms with Crippen LogP contribution in [-0.2, 0) is 22.4 Å². The zero-order chi connectivity index (χ0) is 15.2. The largest absolute Gasteiger partial charge is 0.508 e. The number of phenolic OH excluding ortho intramolecular Hbond substituents is 2. The Labute approximate surface area is 121 Å². The number of aromatic hydroxyl groups is 2. The molecule has 0 bridgehead atoms. The van der Waals surface area contributed by atoms with Gasteiger partial charge in [0.25, 0.3) is 0 Å². The standard InChI is InChI=1S/C15H15NO5/c16-11(6-10-3-4-12(17)7-14(10)18)9-21-15(19)8-13-2-1-5-20-13/h1-5,7,9,17-18H,6,8,16H2/b11-9-.